The molecule has 1 N–H and O–H groups in total. The number of carbonyl (C=O) groups is 1. The van der Waals surface area contributed by atoms with Gasteiger partial charge in [-0.15, -0.1) is 0 Å². The molecule has 1 saturated heterocycles. The second-order valence-corrected chi connectivity index (χ2v) is 6.59. The van der Waals surface area contributed by atoms with E-state index >= 15 is 0 Å². The van der Waals surface area contributed by atoms with Gasteiger partial charge in [-0.2, -0.15) is 5.10 Å². The van der Waals surface area contributed by atoms with Crippen LogP contribution in [-0.4, -0.2) is 36.7 Å². The van der Waals surface area contributed by atoms with Crippen molar-refractivity contribution in [2.75, 3.05) is 24.6 Å². The van der Waals surface area contributed by atoms with E-state index in [1.807, 2.05) is 19.1 Å². The van der Waals surface area contributed by atoms with Gasteiger partial charge in [-0.25, -0.2) is 5.43 Å². The first-order valence-corrected chi connectivity index (χ1v) is 9.08. The molecule has 1 heterocycles. The highest BCUT2D eigenvalue weighted by atomic mass is 16.6. The van der Waals surface area contributed by atoms with E-state index in [1.165, 1.54) is 18.3 Å². The van der Waals surface area contributed by atoms with Crippen LogP contribution in [-0.2, 0) is 4.79 Å². The largest absolute Gasteiger partial charge is 0.484 e. The lowest BCUT2D eigenvalue weighted by Crippen LogP contribution is -2.25. The van der Waals surface area contributed by atoms with Gasteiger partial charge < -0.3 is 9.64 Å². The zero-order chi connectivity index (χ0) is 19.9. The number of non-ortho nitro benzene ring substituents is 1. The second kappa shape index (κ2) is 8.98. The van der Waals surface area contributed by atoms with Gasteiger partial charge in [0.2, 0.25) is 0 Å². The number of hydrogen-bond donors (Lipinski definition) is 1. The van der Waals surface area contributed by atoms with Crippen molar-refractivity contribution in [2.45, 2.75) is 19.8 Å². The van der Waals surface area contributed by atoms with Gasteiger partial charge in [0.25, 0.3) is 11.6 Å². The highest BCUT2D eigenvalue weighted by Crippen LogP contribution is 2.27. The number of hydrazone groups is 1. The van der Waals surface area contributed by atoms with E-state index in [0.29, 0.717) is 11.3 Å². The fraction of sp³-hybridized carbons (Fsp3) is 0.300. The van der Waals surface area contributed by atoms with Crippen molar-refractivity contribution in [1.29, 1.82) is 0 Å². The second-order valence-electron chi connectivity index (χ2n) is 6.59. The summed E-state index contributed by atoms with van der Waals surface area (Å²) in [7, 11) is 0. The molecule has 0 unspecified atom stereocenters. The third kappa shape index (κ3) is 5.06. The number of nitro benzene ring substituents is 1. The minimum atomic E-state index is -0.445. The van der Waals surface area contributed by atoms with Crippen molar-refractivity contribution < 1.29 is 14.5 Å². The van der Waals surface area contributed by atoms with E-state index in [1.54, 1.807) is 18.2 Å². The average molecular weight is 382 g/mol. The number of nitro groups is 1. The fourth-order valence-electron chi connectivity index (χ4n) is 2.99. The zero-order valence-electron chi connectivity index (χ0n) is 15.6. The molecule has 0 radical (unpaired) electrons. The molecule has 0 aromatic heterocycles. The number of hydrogen-bond acceptors (Lipinski definition) is 6. The van der Waals surface area contributed by atoms with Crippen LogP contribution in [0.2, 0.25) is 0 Å². The summed E-state index contributed by atoms with van der Waals surface area (Å²) >= 11 is 0. The Kier molecular flexibility index (Phi) is 6.21. The average Bonchev–Trinajstić information content (AvgIpc) is 3.22. The first kappa shape index (κ1) is 19.3. The molecule has 2 aromatic rings. The normalized spacial score (nSPS) is 13.7. The van der Waals surface area contributed by atoms with E-state index in [4.69, 9.17) is 4.74 Å². The standard InChI is InChI=1S/C20H22N4O4/c1-15-4-7-18(8-5-15)28-14-20(25)22-21-13-16-12-17(24(26)27)6-9-19(16)23-10-2-3-11-23/h4-9,12-13H,2-3,10-11,14H2,1H3,(H,22,25)/b21-13-. The molecule has 0 saturated carbocycles. The minimum Gasteiger partial charge on any atom is -0.484 e. The van der Waals surface area contributed by atoms with Gasteiger partial charge in [0.1, 0.15) is 5.75 Å². The van der Waals surface area contributed by atoms with Crippen molar-refractivity contribution in [1.82, 2.24) is 5.43 Å². The number of carbonyl (C=O) groups excluding carboxylic acids is 1. The Morgan fingerprint density at radius 3 is 2.64 bits per heavy atom. The number of nitrogens with zero attached hydrogens (tertiary/aromatic N) is 3. The minimum absolute atomic E-state index is 0.0153. The first-order chi connectivity index (χ1) is 13.5. The van der Waals surface area contributed by atoms with Crippen molar-refractivity contribution in [3.63, 3.8) is 0 Å². The van der Waals surface area contributed by atoms with Crippen molar-refractivity contribution >= 4 is 23.5 Å². The van der Waals surface area contributed by atoms with Crippen molar-refractivity contribution in [3.05, 3.63) is 63.7 Å². The topological polar surface area (TPSA) is 97.1 Å². The number of anilines is 1. The fourth-order valence-corrected chi connectivity index (χ4v) is 2.99. The molecule has 28 heavy (non-hydrogen) atoms. The lowest BCUT2D eigenvalue weighted by molar-refractivity contribution is -0.384. The smallest absolute Gasteiger partial charge is 0.277 e. The van der Waals surface area contributed by atoms with Gasteiger partial charge in [0, 0.05) is 36.5 Å². The van der Waals surface area contributed by atoms with Gasteiger partial charge in [-0.05, 0) is 38.0 Å². The molecule has 1 amide bonds. The Morgan fingerprint density at radius 1 is 1.25 bits per heavy atom. The van der Waals surface area contributed by atoms with Crippen LogP contribution in [0.5, 0.6) is 5.75 Å². The number of nitrogens with one attached hydrogen (secondary N) is 1. The Hall–Kier alpha value is -3.42. The van der Waals surface area contributed by atoms with Crippen molar-refractivity contribution in [3.8, 4) is 5.75 Å². The van der Waals surface area contributed by atoms with E-state index in [9.17, 15) is 14.9 Å². The molecular formula is C20H22N4O4. The molecule has 0 bridgehead atoms. The van der Waals surface area contributed by atoms with Crippen LogP contribution in [0.4, 0.5) is 11.4 Å². The number of aryl methyl sites for hydroxylation is 1. The SMILES string of the molecule is Cc1ccc(OCC(=O)N/N=C\c2cc([N+](=O)[O-])ccc2N2CCCC2)cc1. The van der Waals surface area contributed by atoms with Crippen LogP contribution in [0.3, 0.4) is 0 Å². The number of benzene rings is 2. The van der Waals surface area contributed by atoms with Crippen LogP contribution in [0.1, 0.15) is 24.0 Å². The molecule has 146 valence electrons. The summed E-state index contributed by atoms with van der Waals surface area (Å²) in [5.74, 6) is 0.185. The van der Waals surface area contributed by atoms with Gasteiger partial charge in [-0.1, -0.05) is 17.7 Å². The summed E-state index contributed by atoms with van der Waals surface area (Å²) in [4.78, 5) is 24.7. The van der Waals surface area contributed by atoms with Gasteiger partial charge in [-0.3, -0.25) is 14.9 Å². The first-order valence-electron chi connectivity index (χ1n) is 9.08. The third-order valence-electron chi connectivity index (χ3n) is 4.45. The van der Waals surface area contributed by atoms with E-state index < -0.39 is 10.8 Å². The zero-order valence-corrected chi connectivity index (χ0v) is 15.6. The number of rotatable bonds is 7. The lowest BCUT2D eigenvalue weighted by atomic mass is 10.1. The summed E-state index contributed by atoms with van der Waals surface area (Å²) in [5.41, 5.74) is 4.95. The molecule has 8 heteroatoms. The predicted octanol–water partition coefficient (Wildman–Crippen LogP) is 3.03. The molecule has 0 spiro atoms. The molecule has 1 fully saturated rings. The molecule has 8 nitrogen and oxygen atoms in total. The molecular weight excluding hydrogens is 360 g/mol. The Balaban J connectivity index is 1.63. The summed E-state index contributed by atoms with van der Waals surface area (Å²) in [6.07, 6.45) is 3.60. The Bertz CT molecular complexity index is 874. The van der Waals surface area contributed by atoms with Crippen LogP contribution >= 0.6 is 0 Å². The van der Waals surface area contributed by atoms with Gasteiger partial charge in [0.05, 0.1) is 11.1 Å². The maximum Gasteiger partial charge on any atom is 0.277 e. The monoisotopic (exact) mass is 382 g/mol. The predicted molar refractivity (Wildman–Crippen MR) is 107 cm³/mol. The molecule has 0 atom stereocenters. The molecule has 0 aliphatic carbocycles. The van der Waals surface area contributed by atoms with Crippen LogP contribution in [0, 0.1) is 17.0 Å². The van der Waals surface area contributed by atoms with E-state index in [0.717, 1.165) is 37.2 Å². The summed E-state index contributed by atoms with van der Waals surface area (Å²) in [6.45, 7) is 3.59. The highest BCUT2D eigenvalue weighted by Gasteiger charge is 2.17. The lowest BCUT2D eigenvalue weighted by Gasteiger charge is -2.19. The summed E-state index contributed by atoms with van der Waals surface area (Å²) in [5, 5.41) is 15.0. The van der Waals surface area contributed by atoms with Crippen molar-refractivity contribution in [2.24, 2.45) is 5.10 Å². The van der Waals surface area contributed by atoms with Gasteiger partial charge in [0.15, 0.2) is 6.61 Å². The van der Waals surface area contributed by atoms with Crippen LogP contribution < -0.4 is 15.1 Å². The molecule has 1 aliphatic heterocycles. The summed E-state index contributed by atoms with van der Waals surface area (Å²) in [6, 6.07) is 12.0. The molecule has 2 aromatic carbocycles. The molecule has 1 aliphatic rings. The summed E-state index contributed by atoms with van der Waals surface area (Å²) < 4.78 is 5.40. The highest BCUT2D eigenvalue weighted by molar-refractivity contribution is 5.90. The van der Waals surface area contributed by atoms with E-state index in [-0.39, 0.29) is 12.3 Å². The van der Waals surface area contributed by atoms with Crippen LogP contribution in [0.15, 0.2) is 47.6 Å². The maximum absolute atomic E-state index is 11.9. The molecule has 3 rings (SSSR count). The van der Waals surface area contributed by atoms with Crippen LogP contribution in [0.25, 0.3) is 0 Å². The Morgan fingerprint density at radius 2 is 1.96 bits per heavy atom. The number of ether oxygens (including phenoxy) is 1. The maximum atomic E-state index is 11.9. The third-order valence-corrected chi connectivity index (χ3v) is 4.45. The van der Waals surface area contributed by atoms with Gasteiger partial charge >= 0.3 is 0 Å². The number of amides is 1. The quantitative estimate of drug-likeness (QED) is 0.451. The Labute approximate surface area is 163 Å². The van der Waals surface area contributed by atoms with E-state index in [2.05, 4.69) is 15.4 Å².